The maximum absolute atomic E-state index is 13.1. The second kappa shape index (κ2) is 17.5. The van der Waals surface area contributed by atoms with Crippen molar-refractivity contribution >= 4 is 41.2 Å². The number of carbonyl (C=O) groups is 5. The molecule has 46 heavy (non-hydrogen) atoms. The maximum atomic E-state index is 13.1. The highest BCUT2D eigenvalue weighted by Gasteiger charge is 2.25. The first kappa shape index (κ1) is 35.5. The molecule has 14 heteroatoms. The number of hydrogen-bond donors (Lipinski definition) is 8. The van der Waals surface area contributed by atoms with Gasteiger partial charge < -0.3 is 31.9 Å². The number of phenols is 1. The van der Waals surface area contributed by atoms with Crippen molar-refractivity contribution in [2.45, 2.75) is 50.4 Å². The summed E-state index contributed by atoms with van der Waals surface area (Å²) in [7, 11) is 0. The molecule has 13 nitrogen and oxygen atoms in total. The number of nitrogens with one attached hydrogen (secondary N) is 5. The van der Waals surface area contributed by atoms with Crippen LogP contribution in [0.2, 0.25) is 5.02 Å². The first-order valence-corrected chi connectivity index (χ1v) is 14.8. The molecule has 0 bridgehead atoms. The molecule has 0 radical (unpaired) electrons. The number of phenolic OH excluding ortho intramolecular Hbond substituents is 1. The van der Waals surface area contributed by atoms with Crippen LogP contribution in [0, 0.1) is 0 Å². The lowest BCUT2D eigenvalue weighted by atomic mass is 10.1. The number of amides is 4. The Morgan fingerprint density at radius 1 is 0.739 bits per heavy atom. The van der Waals surface area contributed by atoms with Crippen LogP contribution in [0.25, 0.3) is 0 Å². The minimum Gasteiger partial charge on any atom is -0.508 e. The number of halogens is 1. The first-order chi connectivity index (χ1) is 21.9. The minimum atomic E-state index is -1.20. The highest BCUT2D eigenvalue weighted by Crippen LogP contribution is 2.12. The van der Waals surface area contributed by atoms with Gasteiger partial charge in [0.25, 0.3) is 5.91 Å². The van der Waals surface area contributed by atoms with Crippen LogP contribution in [-0.4, -0.2) is 70.5 Å². The molecule has 4 atom stereocenters. The molecule has 0 heterocycles. The molecule has 0 unspecified atom stereocenters. The largest absolute Gasteiger partial charge is 0.508 e. The van der Waals surface area contributed by atoms with E-state index in [0.29, 0.717) is 10.6 Å². The highest BCUT2D eigenvalue weighted by atomic mass is 35.5. The Balaban J connectivity index is 1.54. The van der Waals surface area contributed by atoms with Crippen molar-refractivity contribution in [1.29, 1.82) is 0 Å². The van der Waals surface area contributed by atoms with Gasteiger partial charge >= 0.3 is 5.97 Å². The maximum Gasteiger partial charge on any atom is 0.322 e. The average Bonchev–Trinajstić information content (AvgIpc) is 3.03. The zero-order valence-electron chi connectivity index (χ0n) is 25.0. The Hall–Kier alpha value is -4.98. The van der Waals surface area contributed by atoms with Crippen molar-refractivity contribution in [3.8, 4) is 5.75 Å². The molecule has 0 aliphatic rings. The first-order valence-electron chi connectivity index (χ1n) is 14.4. The molecule has 3 rings (SSSR count). The molecule has 0 aromatic heterocycles. The number of carbonyl (C=O) groups excluding carboxylic acids is 4. The van der Waals surface area contributed by atoms with Crippen molar-refractivity contribution in [1.82, 2.24) is 26.8 Å². The molecule has 3 aromatic rings. The normalized spacial score (nSPS) is 13.4. The zero-order valence-corrected chi connectivity index (χ0v) is 25.8. The molecule has 4 amide bonds. The van der Waals surface area contributed by atoms with E-state index in [-0.39, 0.29) is 25.0 Å². The van der Waals surface area contributed by atoms with Gasteiger partial charge in [-0.15, -0.1) is 0 Å². The predicted molar refractivity (Wildman–Crippen MR) is 170 cm³/mol. The van der Waals surface area contributed by atoms with Crippen LogP contribution >= 0.6 is 11.6 Å². The van der Waals surface area contributed by atoms with Crippen molar-refractivity contribution < 1.29 is 34.2 Å². The zero-order chi connectivity index (χ0) is 33.6. The van der Waals surface area contributed by atoms with Crippen molar-refractivity contribution in [2.75, 3.05) is 6.54 Å². The number of hydrogen-bond acceptors (Lipinski definition) is 8. The third kappa shape index (κ3) is 11.8. The topological polar surface area (TPSA) is 212 Å². The highest BCUT2D eigenvalue weighted by molar-refractivity contribution is 6.30. The summed E-state index contributed by atoms with van der Waals surface area (Å²) in [5.41, 5.74) is 13.0. The molecule has 0 fully saturated rings. The van der Waals surface area contributed by atoms with E-state index in [1.54, 1.807) is 66.7 Å². The Labute approximate surface area is 270 Å². The van der Waals surface area contributed by atoms with Gasteiger partial charge in [-0.2, -0.15) is 0 Å². The molecular weight excluding hydrogens is 616 g/mol. The number of nitrogens with two attached hydrogens (primary N) is 1. The van der Waals surface area contributed by atoms with E-state index in [9.17, 15) is 34.2 Å². The number of aliphatic carboxylic acids is 1. The van der Waals surface area contributed by atoms with Gasteiger partial charge in [-0.05, 0) is 54.3 Å². The van der Waals surface area contributed by atoms with Crippen LogP contribution in [0.15, 0.2) is 78.9 Å². The average molecular weight is 653 g/mol. The summed E-state index contributed by atoms with van der Waals surface area (Å²) < 4.78 is 0. The van der Waals surface area contributed by atoms with E-state index in [2.05, 4.69) is 26.8 Å². The lowest BCUT2D eigenvalue weighted by Crippen LogP contribution is -2.57. The number of benzene rings is 3. The molecular formula is C32H37ClN6O7. The molecule has 0 spiro atoms. The summed E-state index contributed by atoms with van der Waals surface area (Å²) in [5, 5.41) is 27.0. The Kier molecular flexibility index (Phi) is 13.5. The molecule has 0 saturated carbocycles. The number of hydrazine groups is 1. The van der Waals surface area contributed by atoms with Gasteiger partial charge in [0.05, 0.1) is 12.6 Å². The van der Waals surface area contributed by atoms with Gasteiger partial charge in [0.15, 0.2) is 0 Å². The SMILES string of the molecule is C[C@@H](NC(=O)[C@@H](N)Cc1ccc(O)cc1)C(=O)NCC(=O)N[C@@H](Cc1ccccc1)C(=O)NN[C@@H](Cc1ccc(Cl)cc1)C(=O)O. The summed E-state index contributed by atoms with van der Waals surface area (Å²) in [6, 6.07) is 17.4. The van der Waals surface area contributed by atoms with Gasteiger partial charge in [-0.3, -0.25) is 29.4 Å². The van der Waals surface area contributed by atoms with E-state index in [1.807, 2.05) is 0 Å². The minimum absolute atomic E-state index is 0.0466. The van der Waals surface area contributed by atoms with Crippen LogP contribution in [0.3, 0.4) is 0 Å². The van der Waals surface area contributed by atoms with E-state index in [0.717, 1.165) is 11.1 Å². The standard InChI is InChI=1S/C32H37ClN6O7/c1-19(36-30(43)25(34)15-21-9-13-24(40)14-10-21)29(42)35-18-28(41)37-26(16-20-5-3-2-4-6-20)31(44)39-38-27(32(45)46)17-22-7-11-23(33)12-8-22/h2-14,19,25-27,38,40H,15-18,34H2,1H3,(H,35,42)(H,36,43)(H,37,41)(H,39,44)(H,45,46)/t19-,25+,26+,27+/m1/s1. The van der Waals surface area contributed by atoms with E-state index in [1.165, 1.54) is 19.1 Å². The summed E-state index contributed by atoms with van der Waals surface area (Å²) in [6.07, 6.45) is 0.302. The molecule has 0 aliphatic carbocycles. The fraction of sp³-hybridized carbons (Fsp3) is 0.281. The Morgan fingerprint density at radius 3 is 1.93 bits per heavy atom. The van der Waals surface area contributed by atoms with Crippen molar-refractivity contribution in [2.24, 2.45) is 5.73 Å². The van der Waals surface area contributed by atoms with Crippen molar-refractivity contribution in [3.05, 3.63) is 101 Å². The second-order valence-corrected chi connectivity index (χ2v) is 11.0. The third-order valence-electron chi connectivity index (χ3n) is 6.86. The van der Waals surface area contributed by atoms with Crippen LogP contribution in [0.4, 0.5) is 0 Å². The van der Waals surface area contributed by atoms with Crippen LogP contribution in [-0.2, 0) is 43.2 Å². The monoisotopic (exact) mass is 652 g/mol. The van der Waals surface area contributed by atoms with Gasteiger partial charge in [0.2, 0.25) is 17.7 Å². The summed E-state index contributed by atoms with van der Waals surface area (Å²) in [6.45, 7) is 0.928. The quantitative estimate of drug-likeness (QED) is 0.102. The van der Waals surface area contributed by atoms with Gasteiger partial charge in [-0.1, -0.05) is 66.2 Å². The Morgan fingerprint density at radius 2 is 1.30 bits per heavy atom. The molecule has 0 saturated heterocycles. The number of carboxylic acid groups (broad SMARTS) is 1. The van der Waals surface area contributed by atoms with E-state index < -0.39 is 60.3 Å². The van der Waals surface area contributed by atoms with Crippen LogP contribution in [0.1, 0.15) is 23.6 Å². The van der Waals surface area contributed by atoms with E-state index >= 15 is 0 Å². The van der Waals surface area contributed by atoms with Gasteiger partial charge in [-0.25, -0.2) is 5.43 Å². The lowest BCUT2D eigenvalue weighted by molar-refractivity contribution is -0.140. The van der Waals surface area contributed by atoms with Crippen LogP contribution in [0.5, 0.6) is 5.75 Å². The van der Waals surface area contributed by atoms with Gasteiger partial charge in [0, 0.05) is 17.9 Å². The predicted octanol–water partition coefficient (Wildman–Crippen LogP) is 0.581. The lowest BCUT2D eigenvalue weighted by Gasteiger charge is -2.22. The molecule has 0 aliphatic heterocycles. The number of rotatable bonds is 16. The second-order valence-electron chi connectivity index (χ2n) is 10.6. The number of aromatic hydroxyl groups is 1. The fourth-order valence-corrected chi connectivity index (χ4v) is 4.42. The molecule has 3 aromatic carbocycles. The summed E-state index contributed by atoms with van der Waals surface area (Å²) in [4.78, 5) is 62.8. The van der Waals surface area contributed by atoms with Gasteiger partial charge in [0.1, 0.15) is 23.9 Å². The third-order valence-corrected chi connectivity index (χ3v) is 7.11. The van der Waals surface area contributed by atoms with E-state index in [4.69, 9.17) is 17.3 Å². The Bertz CT molecular complexity index is 1490. The van der Waals surface area contributed by atoms with Crippen LogP contribution < -0.4 is 32.5 Å². The van der Waals surface area contributed by atoms with Crippen molar-refractivity contribution in [3.63, 3.8) is 0 Å². The molecule has 9 N–H and O–H groups in total. The summed E-state index contributed by atoms with van der Waals surface area (Å²) >= 11 is 5.90. The molecule has 244 valence electrons. The fourth-order valence-electron chi connectivity index (χ4n) is 4.29. The smallest absolute Gasteiger partial charge is 0.322 e. The summed E-state index contributed by atoms with van der Waals surface area (Å²) in [5.74, 6) is -3.75. The number of carboxylic acids is 1.